The van der Waals surface area contributed by atoms with Crippen LogP contribution in [0.1, 0.15) is 25.7 Å². The maximum atomic E-state index is 12.1. The Bertz CT molecular complexity index is 434. The lowest BCUT2D eigenvalue weighted by Crippen LogP contribution is -2.27. The number of nitrogens with one attached hydrogen (secondary N) is 1. The summed E-state index contributed by atoms with van der Waals surface area (Å²) in [4.78, 5) is 20.3. The lowest BCUT2D eigenvalue weighted by Gasteiger charge is -2.20. The molecule has 3 rings (SSSR count). The third-order valence-corrected chi connectivity index (χ3v) is 4.36. The van der Waals surface area contributed by atoms with Crippen LogP contribution in [0.4, 0.5) is 5.82 Å². The minimum atomic E-state index is 0.119. The molecule has 1 aromatic heterocycles. The number of anilines is 1. The summed E-state index contributed by atoms with van der Waals surface area (Å²) in [7, 11) is 0. The quantitative estimate of drug-likeness (QED) is 0.912. The lowest BCUT2D eigenvalue weighted by molar-refractivity contribution is -0.121. The molecule has 0 saturated heterocycles. The first-order chi connectivity index (χ1) is 8.22. The highest BCUT2D eigenvalue weighted by Crippen LogP contribution is 2.48. The lowest BCUT2D eigenvalue weighted by atomic mass is 9.88. The molecule has 90 valence electrons. The van der Waals surface area contributed by atoms with Gasteiger partial charge in [0.25, 0.3) is 0 Å². The van der Waals surface area contributed by atoms with Crippen molar-refractivity contribution in [3.8, 4) is 0 Å². The van der Waals surface area contributed by atoms with Gasteiger partial charge in [0, 0.05) is 5.92 Å². The first-order valence-electron chi connectivity index (χ1n) is 6.01. The van der Waals surface area contributed by atoms with Crippen molar-refractivity contribution in [1.82, 2.24) is 9.97 Å². The number of aromatic nitrogens is 2. The molecule has 2 bridgehead atoms. The topological polar surface area (TPSA) is 54.9 Å². The van der Waals surface area contributed by atoms with Gasteiger partial charge in [0.15, 0.2) is 5.82 Å². The van der Waals surface area contributed by atoms with E-state index in [-0.39, 0.29) is 11.8 Å². The van der Waals surface area contributed by atoms with E-state index in [0.29, 0.717) is 16.3 Å². The number of amides is 1. The van der Waals surface area contributed by atoms with E-state index in [4.69, 9.17) is 0 Å². The Morgan fingerprint density at radius 1 is 1.29 bits per heavy atom. The molecule has 1 aromatic rings. The van der Waals surface area contributed by atoms with Crippen molar-refractivity contribution in [3.63, 3.8) is 0 Å². The number of halogens is 1. The second-order valence-electron chi connectivity index (χ2n) is 4.99. The average molecular weight is 296 g/mol. The van der Waals surface area contributed by atoms with Crippen LogP contribution in [-0.4, -0.2) is 15.9 Å². The minimum Gasteiger partial charge on any atom is -0.309 e. The first kappa shape index (κ1) is 11.1. The molecule has 3 unspecified atom stereocenters. The minimum absolute atomic E-state index is 0.119. The normalized spacial score (nSPS) is 30.5. The van der Waals surface area contributed by atoms with Crippen LogP contribution in [0.2, 0.25) is 0 Å². The number of rotatable bonds is 2. The molecule has 0 radical (unpaired) electrons. The zero-order valence-corrected chi connectivity index (χ0v) is 11.0. The number of fused-ring (bicyclic) bond motifs is 2. The average Bonchev–Trinajstić information content (AvgIpc) is 2.94. The molecule has 1 amide bonds. The third-order valence-electron chi connectivity index (χ3n) is 3.95. The Labute approximate surface area is 108 Å². The molecule has 2 saturated carbocycles. The van der Waals surface area contributed by atoms with Crippen LogP contribution in [0.3, 0.4) is 0 Å². The fourth-order valence-corrected chi connectivity index (χ4v) is 3.37. The SMILES string of the molecule is O=C(Nc1cnc(Br)cn1)C1CC2CCC1C2. The largest absolute Gasteiger partial charge is 0.309 e. The van der Waals surface area contributed by atoms with Gasteiger partial charge in [0.2, 0.25) is 5.91 Å². The zero-order chi connectivity index (χ0) is 11.8. The van der Waals surface area contributed by atoms with Crippen LogP contribution in [0, 0.1) is 17.8 Å². The smallest absolute Gasteiger partial charge is 0.228 e. The fraction of sp³-hybridized carbons (Fsp3) is 0.583. The summed E-state index contributed by atoms with van der Waals surface area (Å²) in [5.41, 5.74) is 0. The summed E-state index contributed by atoms with van der Waals surface area (Å²) in [5, 5.41) is 2.86. The Hall–Kier alpha value is -0.970. The van der Waals surface area contributed by atoms with E-state index in [9.17, 15) is 4.79 Å². The van der Waals surface area contributed by atoms with Gasteiger partial charge in [-0.05, 0) is 47.0 Å². The van der Waals surface area contributed by atoms with Gasteiger partial charge in [-0.25, -0.2) is 9.97 Å². The molecule has 17 heavy (non-hydrogen) atoms. The summed E-state index contributed by atoms with van der Waals surface area (Å²) in [5.74, 6) is 2.24. The van der Waals surface area contributed by atoms with Crippen molar-refractivity contribution in [3.05, 3.63) is 17.0 Å². The fourth-order valence-electron chi connectivity index (χ4n) is 3.16. The Balaban J connectivity index is 1.65. The number of hydrogen-bond acceptors (Lipinski definition) is 3. The Kier molecular flexibility index (Phi) is 2.86. The second kappa shape index (κ2) is 4.37. The van der Waals surface area contributed by atoms with Crippen molar-refractivity contribution in [1.29, 1.82) is 0 Å². The molecule has 4 nitrogen and oxygen atoms in total. The van der Waals surface area contributed by atoms with Gasteiger partial charge in [0.1, 0.15) is 4.60 Å². The van der Waals surface area contributed by atoms with E-state index >= 15 is 0 Å². The first-order valence-corrected chi connectivity index (χ1v) is 6.80. The summed E-state index contributed by atoms with van der Waals surface area (Å²) in [6.07, 6.45) is 8.00. The molecule has 1 heterocycles. The molecular weight excluding hydrogens is 282 g/mol. The third kappa shape index (κ3) is 2.20. The highest BCUT2D eigenvalue weighted by molar-refractivity contribution is 9.10. The van der Waals surface area contributed by atoms with Gasteiger partial charge < -0.3 is 5.32 Å². The van der Waals surface area contributed by atoms with E-state index in [0.717, 1.165) is 12.3 Å². The van der Waals surface area contributed by atoms with Gasteiger partial charge in [-0.1, -0.05) is 6.42 Å². The van der Waals surface area contributed by atoms with Crippen LogP contribution in [-0.2, 0) is 4.79 Å². The predicted octanol–water partition coefficient (Wildman–Crippen LogP) is 2.61. The van der Waals surface area contributed by atoms with Crippen molar-refractivity contribution < 1.29 is 4.79 Å². The van der Waals surface area contributed by atoms with Gasteiger partial charge in [-0.15, -0.1) is 0 Å². The van der Waals surface area contributed by atoms with Crippen molar-refractivity contribution in [2.75, 3.05) is 5.32 Å². The van der Waals surface area contributed by atoms with E-state index in [1.165, 1.54) is 19.3 Å². The van der Waals surface area contributed by atoms with Gasteiger partial charge >= 0.3 is 0 Å². The number of carbonyl (C=O) groups is 1. The van der Waals surface area contributed by atoms with Crippen molar-refractivity contribution in [2.45, 2.75) is 25.7 Å². The maximum absolute atomic E-state index is 12.1. The Morgan fingerprint density at radius 3 is 2.76 bits per heavy atom. The molecule has 2 aliphatic carbocycles. The van der Waals surface area contributed by atoms with E-state index < -0.39 is 0 Å². The van der Waals surface area contributed by atoms with Crippen LogP contribution in [0.5, 0.6) is 0 Å². The molecule has 2 aliphatic rings. The molecule has 1 N–H and O–H groups in total. The number of nitrogens with zero attached hydrogens (tertiary/aromatic N) is 2. The molecule has 0 aliphatic heterocycles. The summed E-state index contributed by atoms with van der Waals surface area (Å²) < 4.78 is 0.676. The molecule has 0 aromatic carbocycles. The summed E-state index contributed by atoms with van der Waals surface area (Å²) in [6, 6.07) is 0. The standard InChI is InChI=1S/C12H14BrN3O/c13-10-5-15-11(6-14-10)16-12(17)9-4-7-1-2-8(9)3-7/h5-9H,1-4H2,(H,15,16,17). The van der Waals surface area contributed by atoms with Crippen LogP contribution >= 0.6 is 15.9 Å². The highest BCUT2D eigenvalue weighted by atomic mass is 79.9. The van der Waals surface area contributed by atoms with Gasteiger partial charge in [0.05, 0.1) is 12.4 Å². The summed E-state index contributed by atoms with van der Waals surface area (Å²) in [6.45, 7) is 0. The van der Waals surface area contributed by atoms with E-state index in [1.807, 2.05) is 0 Å². The second-order valence-corrected chi connectivity index (χ2v) is 5.81. The molecule has 2 fully saturated rings. The van der Waals surface area contributed by atoms with Gasteiger partial charge in [-0.3, -0.25) is 4.79 Å². The van der Waals surface area contributed by atoms with E-state index in [1.54, 1.807) is 12.4 Å². The molecule has 3 atom stereocenters. The molecular formula is C12H14BrN3O. The summed E-state index contributed by atoms with van der Waals surface area (Å²) >= 11 is 3.22. The van der Waals surface area contributed by atoms with Crippen molar-refractivity contribution in [2.24, 2.45) is 17.8 Å². The highest BCUT2D eigenvalue weighted by Gasteiger charge is 2.43. The van der Waals surface area contributed by atoms with Gasteiger partial charge in [-0.2, -0.15) is 0 Å². The van der Waals surface area contributed by atoms with E-state index in [2.05, 4.69) is 31.2 Å². The number of carbonyl (C=O) groups excluding carboxylic acids is 1. The van der Waals surface area contributed by atoms with Crippen LogP contribution in [0.15, 0.2) is 17.0 Å². The van der Waals surface area contributed by atoms with Crippen molar-refractivity contribution >= 4 is 27.7 Å². The Morgan fingerprint density at radius 2 is 2.18 bits per heavy atom. The van der Waals surface area contributed by atoms with Crippen LogP contribution in [0.25, 0.3) is 0 Å². The predicted molar refractivity (Wildman–Crippen MR) is 67.3 cm³/mol. The molecule has 0 spiro atoms. The number of hydrogen-bond donors (Lipinski definition) is 1. The maximum Gasteiger partial charge on any atom is 0.228 e. The molecule has 5 heteroatoms. The zero-order valence-electron chi connectivity index (χ0n) is 9.40. The van der Waals surface area contributed by atoms with Crippen LogP contribution < -0.4 is 5.32 Å². The monoisotopic (exact) mass is 295 g/mol.